The zero-order valence-corrected chi connectivity index (χ0v) is 15.2. The van der Waals surface area contributed by atoms with Gasteiger partial charge in [0.1, 0.15) is 5.75 Å². The summed E-state index contributed by atoms with van der Waals surface area (Å²) in [6.45, 7) is 1.07. The molecular formula is C16H12F6N2O4S. The SMILES string of the molecule is CC(=O)Nc1ccc(NS(=O)(=O)c2cccc(OC(F)(F)F)c2)c(C(F)(F)F)c1. The van der Waals surface area contributed by atoms with Gasteiger partial charge in [-0.3, -0.25) is 9.52 Å². The molecule has 2 N–H and O–H groups in total. The van der Waals surface area contributed by atoms with Crippen LogP contribution in [0.3, 0.4) is 0 Å². The molecule has 0 spiro atoms. The van der Waals surface area contributed by atoms with E-state index >= 15 is 0 Å². The van der Waals surface area contributed by atoms with Crippen molar-refractivity contribution in [2.75, 3.05) is 10.0 Å². The lowest BCUT2D eigenvalue weighted by atomic mass is 10.1. The number of halogens is 6. The maximum Gasteiger partial charge on any atom is 0.573 e. The zero-order valence-electron chi connectivity index (χ0n) is 14.4. The third-order valence-electron chi connectivity index (χ3n) is 3.24. The number of hydrogen-bond acceptors (Lipinski definition) is 4. The van der Waals surface area contributed by atoms with Gasteiger partial charge >= 0.3 is 12.5 Å². The van der Waals surface area contributed by atoms with Gasteiger partial charge in [-0.05, 0) is 30.3 Å². The second kappa shape index (κ2) is 7.81. The lowest BCUT2D eigenvalue weighted by molar-refractivity contribution is -0.274. The molecule has 0 heterocycles. The minimum Gasteiger partial charge on any atom is -0.406 e. The number of carbonyl (C=O) groups is 1. The van der Waals surface area contributed by atoms with Crippen molar-refractivity contribution >= 4 is 27.3 Å². The summed E-state index contributed by atoms with van der Waals surface area (Å²) in [7, 11) is -4.69. The number of nitrogens with one attached hydrogen (secondary N) is 2. The van der Waals surface area contributed by atoms with Gasteiger partial charge in [-0.25, -0.2) is 8.42 Å². The number of hydrogen-bond donors (Lipinski definition) is 2. The first-order valence-corrected chi connectivity index (χ1v) is 9.03. The topological polar surface area (TPSA) is 84.5 Å². The third kappa shape index (κ3) is 6.27. The molecule has 0 aliphatic rings. The van der Waals surface area contributed by atoms with Crippen LogP contribution in [0.2, 0.25) is 0 Å². The van der Waals surface area contributed by atoms with Gasteiger partial charge in [0.15, 0.2) is 0 Å². The maximum absolute atomic E-state index is 13.3. The molecule has 0 fully saturated rings. The third-order valence-corrected chi connectivity index (χ3v) is 4.60. The molecule has 0 saturated heterocycles. The minimum atomic E-state index is -5.08. The fourth-order valence-corrected chi connectivity index (χ4v) is 3.31. The standard InChI is InChI=1S/C16H12F6N2O4S/c1-9(25)23-10-5-6-14(13(7-10)15(17,18)19)24-29(26,27)12-4-2-3-11(8-12)28-16(20,21)22/h2-8,24H,1H3,(H,23,25). The van der Waals surface area contributed by atoms with E-state index in [1.54, 1.807) is 4.72 Å². The molecule has 0 aromatic heterocycles. The van der Waals surface area contributed by atoms with Gasteiger partial charge in [-0.15, -0.1) is 13.2 Å². The number of sulfonamides is 1. The van der Waals surface area contributed by atoms with E-state index in [0.717, 1.165) is 37.3 Å². The molecule has 0 aliphatic heterocycles. The van der Waals surface area contributed by atoms with E-state index in [1.807, 2.05) is 0 Å². The van der Waals surface area contributed by atoms with Crippen LogP contribution >= 0.6 is 0 Å². The number of carbonyl (C=O) groups excluding carboxylic acids is 1. The summed E-state index contributed by atoms with van der Waals surface area (Å²) in [5.41, 5.74) is -2.52. The minimum absolute atomic E-state index is 0.228. The molecule has 0 aliphatic carbocycles. The molecule has 2 aromatic carbocycles. The summed E-state index contributed by atoms with van der Waals surface area (Å²) >= 11 is 0. The average molecular weight is 442 g/mol. The van der Waals surface area contributed by atoms with E-state index in [1.165, 1.54) is 0 Å². The van der Waals surface area contributed by atoms with Crippen molar-refractivity contribution in [3.05, 3.63) is 48.0 Å². The van der Waals surface area contributed by atoms with Gasteiger partial charge in [0.2, 0.25) is 5.91 Å². The number of benzene rings is 2. The summed E-state index contributed by atoms with van der Waals surface area (Å²) in [4.78, 5) is 10.3. The largest absolute Gasteiger partial charge is 0.573 e. The molecule has 2 rings (SSSR count). The number of ether oxygens (including phenoxy) is 1. The predicted octanol–water partition coefficient (Wildman–Crippen LogP) is 4.36. The summed E-state index contributed by atoms with van der Waals surface area (Å²) in [6, 6.07) is 5.46. The van der Waals surface area contributed by atoms with Crippen LogP contribution in [-0.2, 0) is 21.0 Å². The molecule has 0 radical (unpaired) electrons. The van der Waals surface area contributed by atoms with Crippen molar-refractivity contribution in [1.29, 1.82) is 0 Å². The van der Waals surface area contributed by atoms with Crippen LogP contribution < -0.4 is 14.8 Å². The Hall–Kier alpha value is -2.96. The predicted molar refractivity (Wildman–Crippen MR) is 89.7 cm³/mol. The monoisotopic (exact) mass is 442 g/mol. The van der Waals surface area contributed by atoms with Crippen LogP contribution in [0.25, 0.3) is 0 Å². The highest BCUT2D eigenvalue weighted by atomic mass is 32.2. The van der Waals surface area contributed by atoms with Gasteiger partial charge in [-0.1, -0.05) is 6.07 Å². The Morgan fingerprint density at radius 3 is 2.21 bits per heavy atom. The molecule has 0 bridgehead atoms. The number of alkyl halides is 6. The summed E-state index contributed by atoms with van der Waals surface area (Å²) in [6.07, 6.45) is -10.1. The van der Waals surface area contributed by atoms with Crippen molar-refractivity contribution in [2.24, 2.45) is 0 Å². The second-order valence-electron chi connectivity index (χ2n) is 5.57. The highest BCUT2D eigenvalue weighted by molar-refractivity contribution is 7.92. The van der Waals surface area contributed by atoms with Gasteiger partial charge in [-0.2, -0.15) is 13.2 Å². The van der Waals surface area contributed by atoms with Crippen molar-refractivity contribution in [3.8, 4) is 5.75 Å². The number of anilines is 2. The average Bonchev–Trinajstić information content (AvgIpc) is 2.53. The molecule has 13 heteroatoms. The molecule has 0 saturated carbocycles. The number of amides is 1. The second-order valence-corrected chi connectivity index (χ2v) is 7.25. The van der Waals surface area contributed by atoms with Crippen LogP contribution in [0.5, 0.6) is 5.75 Å². The van der Waals surface area contributed by atoms with E-state index < -0.39 is 50.4 Å². The van der Waals surface area contributed by atoms with E-state index in [-0.39, 0.29) is 5.69 Å². The fraction of sp³-hybridized carbons (Fsp3) is 0.188. The number of rotatable bonds is 5. The van der Waals surface area contributed by atoms with Crippen molar-refractivity contribution < 1.29 is 44.3 Å². The maximum atomic E-state index is 13.3. The smallest absolute Gasteiger partial charge is 0.406 e. The fourth-order valence-electron chi connectivity index (χ4n) is 2.19. The lowest BCUT2D eigenvalue weighted by Crippen LogP contribution is -2.19. The first-order chi connectivity index (χ1) is 13.2. The lowest BCUT2D eigenvalue weighted by Gasteiger charge is -2.17. The van der Waals surface area contributed by atoms with Crippen LogP contribution in [0.4, 0.5) is 37.7 Å². The Kier molecular flexibility index (Phi) is 6.02. The highest BCUT2D eigenvalue weighted by Crippen LogP contribution is 2.37. The van der Waals surface area contributed by atoms with Crippen LogP contribution in [0.1, 0.15) is 12.5 Å². The molecule has 2 aromatic rings. The van der Waals surface area contributed by atoms with Crippen LogP contribution in [-0.4, -0.2) is 20.7 Å². The van der Waals surface area contributed by atoms with E-state index in [0.29, 0.717) is 12.1 Å². The molecule has 158 valence electrons. The Labute approximate surface area is 160 Å². The molecule has 29 heavy (non-hydrogen) atoms. The summed E-state index contributed by atoms with van der Waals surface area (Å²) < 4.78 is 107. The summed E-state index contributed by atoms with van der Waals surface area (Å²) in [5, 5.41) is 2.13. The van der Waals surface area contributed by atoms with E-state index in [4.69, 9.17) is 0 Å². The Morgan fingerprint density at radius 1 is 1.00 bits per heavy atom. The normalized spacial score (nSPS) is 12.4. The van der Waals surface area contributed by atoms with E-state index in [9.17, 15) is 39.6 Å². The zero-order chi connectivity index (χ0) is 22.0. The van der Waals surface area contributed by atoms with Crippen molar-refractivity contribution in [3.63, 3.8) is 0 Å². The first-order valence-electron chi connectivity index (χ1n) is 7.55. The van der Waals surface area contributed by atoms with Crippen molar-refractivity contribution in [2.45, 2.75) is 24.4 Å². The molecule has 0 unspecified atom stereocenters. The van der Waals surface area contributed by atoms with Gasteiger partial charge in [0.05, 0.1) is 16.1 Å². The Morgan fingerprint density at radius 2 is 1.66 bits per heavy atom. The van der Waals surface area contributed by atoms with Gasteiger partial charge in [0, 0.05) is 18.7 Å². The van der Waals surface area contributed by atoms with Gasteiger partial charge < -0.3 is 10.1 Å². The molecular weight excluding hydrogens is 430 g/mol. The van der Waals surface area contributed by atoms with Crippen molar-refractivity contribution in [1.82, 2.24) is 0 Å². The van der Waals surface area contributed by atoms with Gasteiger partial charge in [0.25, 0.3) is 10.0 Å². The Bertz CT molecular complexity index is 1020. The van der Waals surface area contributed by atoms with Crippen LogP contribution in [0.15, 0.2) is 47.4 Å². The summed E-state index contributed by atoms with van der Waals surface area (Å²) in [5.74, 6) is -1.51. The highest BCUT2D eigenvalue weighted by Gasteiger charge is 2.35. The molecule has 6 nitrogen and oxygen atoms in total. The molecule has 1 amide bonds. The van der Waals surface area contributed by atoms with Crippen LogP contribution in [0, 0.1) is 0 Å². The quantitative estimate of drug-likeness (QED) is 0.674. The first kappa shape index (κ1) is 22.3. The van der Waals surface area contributed by atoms with E-state index in [2.05, 4.69) is 10.1 Å². The molecule has 0 atom stereocenters. The Balaban J connectivity index is 2.42.